The first-order valence-corrected chi connectivity index (χ1v) is 12.5. The molecule has 208 valence electrons. The molecule has 0 saturated heterocycles. The zero-order chi connectivity index (χ0) is 29.1. The number of Topliss-reactive ketones (excluding diaryl/α,β-unsaturated/α-hetero) is 1. The summed E-state index contributed by atoms with van der Waals surface area (Å²) in [6, 6.07) is 21.1. The summed E-state index contributed by atoms with van der Waals surface area (Å²) in [4.78, 5) is 29.2. The summed E-state index contributed by atoms with van der Waals surface area (Å²) in [6.07, 6.45) is -4.86. The number of allylic oxidation sites excluding steroid dienone is 2. The van der Waals surface area contributed by atoms with Crippen LogP contribution in [0.3, 0.4) is 0 Å². The van der Waals surface area contributed by atoms with E-state index in [0.717, 1.165) is 5.56 Å². The predicted molar refractivity (Wildman–Crippen MR) is 148 cm³/mol. The van der Waals surface area contributed by atoms with Gasteiger partial charge in [0.2, 0.25) is 0 Å². The lowest BCUT2D eigenvalue weighted by Gasteiger charge is -2.32. The second-order valence-electron chi connectivity index (χ2n) is 10.3. The highest BCUT2D eigenvalue weighted by Crippen LogP contribution is 2.39. The van der Waals surface area contributed by atoms with Crippen molar-refractivity contribution in [2.75, 3.05) is 5.32 Å². The number of amides is 1. The maximum absolute atomic E-state index is 13.5. The fourth-order valence-corrected chi connectivity index (χ4v) is 4.44. The third-order valence-electron chi connectivity index (χ3n) is 6.34. The van der Waals surface area contributed by atoms with Crippen molar-refractivity contribution < 1.29 is 27.5 Å². The predicted octanol–water partition coefficient (Wildman–Crippen LogP) is 6.34. The van der Waals surface area contributed by atoms with Crippen LogP contribution in [0.15, 0.2) is 89.1 Å². The van der Waals surface area contributed by atoms with Crippen LogP contribution < -0.4 is 21.5 Å². The number of nitrogens with two attached hydrogens (primary N) is 2. The molecule has 1 fully saturated rings. The Morgan fingerprint density at radius 2 is 1.68 bits per heavy atom. The Bertz CT molecular complexity index is 1480. The summed E-state index contributed by atoms with van der Waals surface area (Å²) in [5.74, 6) is -0.789. The van der Waals surface area contributed by atoms with Crippen molar-refractivity contribution in [2.24, 2.45) is 21.9 Å². The maximum Gasteiger partial charge on any atom is 0.431 e. The third kappa shape index (κ3) is 6.88. The SMILES string of the molecule is CC1(C)CC(=O)C(=C(N)C(F)(F)F)C(=Nc2ccc(C(N)=O)c(Nc3ccc(OCc4ccccc4)cc3)c2)C1. The van der Waals surface area contributed by atoms with E-state index in [1.165, 1.54) is 18.2 Å². The van der Waals surface area contributed by atoms with Crippen molar-refractivity contribution in [3.8, 4) is 5.75 Å². The van der Waals surface area contributed by atoms with E-state index in [0.29, 0.717) is 23.7 Å². The Morgan fingerprint density at radius 3 is 2.30 bits per heavy atom. The monoisotopic (exact) mass is 550 g/mol. The van der Waals surface area contributed by atoms with Gasteiger partial charge in [0.15, 0.2) is 5.78 Å². The summed E-state index contributed by atoms with van der Waals surface area (Å²) in [5.41, 5.74) is 10.5. The molecule has 0 aromatic heterocycles. The number of ether oxygens (including phenoxy) is 1. The molecule has 5 N–H and O–H groups in total. The lowest BCUT2D eigenvalue weighted by Crippen LogP contribution is -2.36. The molecule has 40 heavy (non-hydrogen) atoms. The van der Waals surface area contributed by atoms with Gasteiger partial charge >= 0.3 is 6.18 Å². The fraction of sp³-hybridized carbons (Fsp3) is 0.233. The van der Waals surface area contributed by atoms with Crippen LogP contribution in [0, 0.1) is 5.41 Å². The molecule has 1 aliphatic carbocycles. The first-order chi connectivity index (χ1) is 18.8. The van der Waals surface area contributed by atoms with E-state index in [2.05, 4.69) is 10.3 Å². The number of carbonyl (C=O) groups excluding carboxylic acids is 2. The highest BCUT2D eigenvalue weighted by atomic mass is 19.4. The number of ketones is 1. The zero-order valence-electron chi connectivity index (χ0n) is 22.0. The Morgan fingerprint density at radius 1 is 1.00 bits per heavy atom. The van der Waals surface area contributed by atoms with Gasteiger partial charge in [-0.15, -0.1) is 0 Å². The second kappa shape index (κ2) is 11.3. The van der Waals surface area contributed by atoms with Crippen LogP contribution in [0.4, 0.5) is 30.2 Å². The lowest BCUT2D eigenvalue weighted by atomic mass is 9.73. The molecule has 0 atom stereocenters. The van der Waals surface area contributed by atoms with E-state index < -0.39 is 34.6 Å². The van der Waals surface area contributed by atoms with Crippen molar-refractivity contribution in [2.45, 2.75) is 39.5 Å². The van der Waals surface area contributed by atoms with Gasteiger partial charge in [-0.2, -0.15) is 13.2 Å². The van der Waals surface area contributed by atoms with Crippen LogP contribution in [0.2, 0.25) is 0 Å². The number of hydrogen-bond donors (Lipinski definition) is 3. The molecule has 1 aliphatic rings. The van der Waals surface area contributed by atoms with Gasteiger partial charge in [0.25, 0.3) is 5.91 Å². The molecule has 0 unspecified atom stereocenters. The number of halogens is 3. The smallest absolute Gasteiger partial charge is 0.431 e. The number of rotatable bonds is 7. The number of aliphatic imine (C=N–C) groups is 1. The van der Waals surface area contributed by atoms with E-state index in [-0.39, 0.29) is 29.8 Å². The minimum Gasteiger partial charge on any atom is -0.489 e. The molecule has 0 heterocycles. The van der Waals surface area contributed by atoms with Gasteiger partial charge in [0, 0.05) is 12.1 Å². The van der Waals surface area contributed by atoms with Crippen LogP contribution >= 0.6 is 0 Å². The Kier molecular flexibility index (Phi) is 7.99. The molecule has 3 aromatic rings. The van der Waals surface area contributed by atoms with Crippen LogP contribution in [0.5, 0.6) is 5.75 Å². The molecule has 10 heteroatoms. The fourth-order valence-electron chi connectivity index (χ4n) is 4.44. The molecule has 0 radical (unpaired) electrons. The van der Waals surface area contributed by atoms with Crippen LogP contribution in [0.25, 0.3) is 0 Å². The average molecular weight is 551 g/mol. The third-order valence-corrected chi connectivity index (χ3v) is 6.34. The molecule has 0 aliphatic heterocycles. The number of anilines is 2. The molecular weight excluding hydrogens is 521 g/mol. The summed E-state index contributed by atoms with van der Waals surface area (Å²) in [7, 11) is 0. The Balaban J connectivity index is 1.63. The van der Waals surface area contributed by atoms with Gasteiger partial charge in [-0.1, -0.05) is 44.2 Å². The van der Waals surface area contributed by atoms with Gasteiger partial charge in [0.1, 0.15) is 18.1 Å². The first kappa shape index (κ1) is 28.4. The van der Waals surface area contributed by atoms with Gasteiger partial charge < -0.3 is 21.5 Å². The molecule has 3 aromatic carbocycles. The number of benzene rings is 3. The number of nitrogens with zero attached hydrogens (tertiary/aromatic N) is 1. The van der Waals surface area contributed by atoms with Gasteiger partial charge in [-0.3, -0.25) is 14.6 Å². The van der Waals surface area contributed by atoms with Gasteiger partial charge in [-0.05, 0) is 59.9 Å². The number of alkyl halides is 3. The van der Waals surface area contributed by atoms with E-state index >= 15 is 0 Å². The highest BCUT2D eigenvalue weighted by molar-refractivity contribution is 6.25. The van der Waals surface area contributed by atoms with Crippen LogP contribution in [0.1, 0.15) is 42.6 Å². The van der Waals surface area contributed by atoms with E-state index in [4.69, 9.17) is 16.2 Å². The Hall–Kier alpha value is -4.60. The highest BCUT2D eigenvalue weighted by Gasteiger charge is 2.42. The van der Waals surface area contributed by atoms with Crippen LogP contribution in [-0.4, -0.2) is 23.6 Å². The summed E-state index contributed by atoms with van der Waals surface area (Å²) in [5, 5.41) is 3.11. The number of primary amides is 1. The average Bonchev–Trinajstić information content (AvgIpc) is 2.87. The molecule has 7 nitrogen and oxygen atoms in total. The lowest BCUT2D eigenvalue weighted by molar-refractivity contribution is -0.119. The molecule has 1 amide bonds. The van der Waals surface area contributed by atoms with Crippen molar-refractivity contribution in [3.05, 3.63) is 95.2 Å². The first-order valence-electron chi connectivity index (χ1n) is 12.5. The molecule has 4 rings (SSSR count). The summed E-state index contributed by atoms with van der Waals surface area (Å²) in [6.45, 7) is 3.95. The second-order valence-corrected chi connectivity index (χ2v) is 10.3. The van der Waals surface area contributed by atoms with Crippen molar-refractivity contribution in [1.82, 2.24) is 0 Å². The molecular formula is C30H29F3N4O3. The summed E-state index contributed by atoms with van der Waals surface area (Å²) >= 11 is 0. The normalized spacial score (nSPS) is 17.4. The minimum absolute atomic E-state index is 0.0613. The van der Waals surface area contributed by atoms with Crippen molar-refractivity contribution in [1.29, 1.82) is 0 Å². The van der Waals surface area contributed by atoms with Gasteiger partial charge in [-0.25, -0.2) is 0 Å². The molecule has 0 spiro atoms. The largest absolute Gasteiger partial charge is 0.489 e. The summed E-state index contributed by atoms with van der Waals surface area (Å²) < 4.78 is 46.2. The van der Waals surface area contributed by atoms with Crippen molar-refractivity contribution in [3.63, 3.8) is 0 Å². The minimum atomic E-state index is -4.88. The van der Waals surface area contributed by atoms with E-state index in [1.54, 1.807) is 38.1 Å². The zero-order valence-corrected chi connectivity index (χ0v) is 22.0. The van der Waals surface area contributed by atoms with Crippen molar-refractivity contribution >= 4 is 34.5 Å². The van der Waals surface area contributed by atoms with E-state index in [9.17, 15) is 22.8 Å². The van der Waals surface area contributed by atoms with Gasteiger partial charge in [0.05, 0.1) is 28.2 Å². The standard InChI is InChI=1S/C30H29F3N4O3/c1-29(2)15-24(26(25(38)16-29)27(34)30(31,32)33)37-20-10-13-22(28(35)39)23(14-20)36-19-8-11-21(12-9-19)40-17-18-6-4-3-5-7-18/h3-14,36H,15-17,34H2,1-2H3,(H2,35,39). The molecule has 1 saturated carbocycles. The Labute approximate surface area is 229 Å². The quantitative estimate of drug-likeness (QED) is 0.296. The van der Waals surface area contributed by atoms with E-state index in [1.807, 2.05) is 30.3 Å². The number of hydrogen-bond acceptors (Lipinski definition) is 6. The number of nitrogens with one attached hydrogen (secondary N) is 1. The van der Waals surface area contributed by atoms with Crippen LogP contribution in [-0.2, 0) is 11.4 Å². The number of carbonyl (C=O) groups is 2. The molecule has 0 bridgehead atoms. The topological polar surface area (TPSA) is 120 Å². The maximum atomic E-state index is 13.5.